The molecule has 0 unspecified atom stereocenters. The number of hydrogen-bond acceptors (Lipinski definition) is 5. The molecule has 0 heterocycles. The molecule has 11 heteroatoms. The minimum Gasteiger partial charge on any atom is -0.435 e. The van der Waals surface area contributed by atoms with Crippen molar-refractivity contribution in [1.82, 2.24) is 0 Å². The second-order valence-corrected chi connectivity index (χ2v) is 5.54. The third-order valence-electron chi connectivity index (χ3n) is 3.53. The number of nitrogens with one attached hydrogen (secondary N) is 1. The number of anilines is 1. The lowest BCUT2D eigenvalue weighted by atomic mass is 10.1. The van der Waals surface area contributed by atoms with Crippen LogP contribution in [0.5, 0.6) is 11.5 Å². The molecule has 0 spiro atoms. The van der Waals surface area contributed by atoms with Crippen molar-refractivity contribution in [2.24, 2.45) is 0 Å². The lowest BCUT2D eigenvalue weighted by Crippen LogP contribution is -2.09. The Labute approximate surface area is 161 Å². The summed E-state index contributed by atoms with van der Waals surface area (Å²) in [6, 6.07) is 6.97. The Hall–Kier alpha value is -3.63. The number of non-ortho nitro benzene ring substituents is 1. The van der Waals surface area contributed by atoms with Crippen LogP contribution in [-0.2, 0) is 4.79 Å². The van der Waals surface area contributed by atoms with E-state index in [4.69, 9.17) is 0 Å². The zero-order valence-electron chi connectivity index (χ0n) is 14.8. The van der Waals surface area contributed by atoms with Crippen molar-refractivity contribution in [3.63, 3.8) is 0 Å². The molecule has 1 amide bonds. The fourth-order valence-corrected chi connectivity index (χ4v) is 2.22. The van der Waals surface area contributed by atoms with E-state index in [0.717, 1.165) is 30.4 Å². The summed E-state index contributed by atoms with van der Waals surface area (Å²) in [6.07, 6.45) is 2.09. The zero-order chi connectivity index (χ0) is 21.6. The van der Waals surface area contributed by atoms with Crippen molar-refractivity contribution in [3.05, 3.63) is 63.7 Å². The summed E-state index contributed by atoms with van der Waals surface area (Å²) in [6.45, 7) is -4.76. The molecule has 0 aliphatic heterocycles. The number of amides is 1. The predicted octanol–water partition coefficient (Wildman–Crippen LogP) is 4.76. The van der Waals surface area contributed by atoms with Gasteiger partial charge in [0.25, 0.3) is 5.69 Å². The minimum atomic E-state index is -3.23. The highest BCUT2D eigenvalue weighted by molar-refractivity contribution is 6.02. The number of ether oxygens (including phenoxy) is 2. The van der Waals surface area contributed by atoms with Crippen LogP contribution in [0.1, 0.15) is 11.1 Å². The molecule has 29 heavy (non-hydrogen) atoms. The highest BCUT2D eigenvalue weighted by atomic mass is 19.3. The molecule has 7 nitrogen and oxygen atoms in total. The van der Waals surface area contributed by atoms with Crippen molar-refractivity contribution in [1.29, 1.82) is 0 Å². The first-order valence-corrected chi connectivity index (χ1v) is 7.93. The van der Waals surface area contributed by atoms with Crippen molar-refractivity contribution >= 4 is 23.4 Å². The van der Waals surface area contributed by atoms with Crippen LogP contribution < -0.4 is 14.8 Å². The summed E-state index contributed by atoms with van der Waals surface area (Å²) < 4.78 is 58.0. The molecule has 0 radical (unpaired) electrons. The number of carbonyl (C=O) groups is 1. The van der Waals surface area contributed by atoms with E-state index in [-0.39, 0.29) is 16.9 Å². The molecule has 2 aromatic rings. The van der Waals surface area contributed by atoms with Crippen LogP contribution in [0.3, 0.4) is 0 Å². The summed E-state index contributed by atoms with van der Waals surface area (Å²) in [4.78, 5) is 22.3. The van der Waals surface area contributed by atoms with Gasteiger partial charge in [0.2, 0.25) is 5.91 Å². The third kappa shape index (κ3) is 6.48. The maximum absolute atomic E-state index is 12.6. The number of benzene rings is 2. The summed E-state index contributed by atoms with van der Waals surface area (Å²) in [5, 5.41) is 13.3. The SMILES string of the molecule is Cc1ccc([N+](=O)[O-])cc1NC(=O)/C=C/c1ccc(OC(F)F)cc1OC(F)F. The number of rotatable bonds is 8. The standard InChI is InChI=1S/C18H14F4N2O5/c1-10-2-5-12(24(26)27)8-14(10)23-16(25)7-4-11-3-6-13(28-17(19)20)9-15(11)29-18(21)22/h2-9,17-18H,1H3,(H,23,25)/b7-4+. The minimum absolute atomic E-state index is 0.00201. The molecule has 154 valence electrons. The van der Waals surface area contributed by atoms with Crippen molar-refractivity contribution in [3.8, 4) is 11.5 Å². The predicted molar refractivity (Wildman–Crippen MR) is 95.2 cm³/mol. The fraction of sp³-hybridized carbons (Fsp3) is 0.167. The number of carbonyl (C=O) groups excluding carboxylic acids is 1. The van der Waals surface area contributed by atoms with Gasteiger partial charge in [-0.15, -0.1) is 0 Å². The Morgan fingerprint density at radius 1 is 1.10 bits per heavy atom. The van der Waals surface area contributed by atoms with Gasteiger partial charge < -0.3 is 14.8 Å². The van der Waals surface area contributed by atoms with Crippen molar-refractivity contribution < 1.29 is 36.8 Å². The number of halogens is 4. The van der Waals surface area contributed by atoms with Crippen LogP contribution in [-0.4, -0.2) is 24.1 Å². The van der Waals surface area contributed by atoms with Gasteiger partial charge in [-0.25, -0.2) is 0 Å². The molecule has 2 aromatic carbocycles. The second-order valence-electron chi connectivity index (χ2n) is 5.54. The Balaban J connectivity index is 2.20. The summed E-state index contributed by atoms with van der Waals surface area (Å²) in [5.41, 5.74) is 0.529. The largest absolute Gasteiger partial charge is 0.435 e. The van der Waals surface area contributed by atoms with E-state index in [1.54, 1.807) is 6.92 Å². The molecule has 0 aliphatic rings. The molecular weight excluding hydrogens is 400 g/mol. The first kappa shape index (κ1) is 21.7. The van der Waals surface area contributed by atoms with Crippen LogP contribution in [0.15, 0.2) is 42.5 Å². The number of hydrogen-bond donors (Lipinski definition) is 1. The van der Waals surface area contributed by atoms with Gasteiger partial charge in [0, 0.05) is 29.8 Å². The van der Waals surface area contributed by atoms with Crippen LogP contribution >= 0.6 is 0 Å². The maximum atomic E-state index is 12.6. The van der Waals surface area contributed by atoms with Crippen LogP contribution in [0.2, 0.25) is 0 Å². The second kappa shape index (κ2) is 9.53. The Morgan fingerprint density at radius 3 is 2.41 bits per heavy atom. The summed E-state index contributed by atoms with van der Waals surface area (Å²) >= 11 is 0. The molecule has 2 rings (SSSR count). The van der Waals surface area contributed by atoms with E-state index in [9.17, 15) is 32.5 Å². The summed E-state index contributed by atoms with van der Waals surface area (Å²) in [7, 11) is 0. The topological polar surface area (TPSA) is 90.7 Å². The first-order valence-electron chi connectivity index (χ1n) is 7.93. The van der Waals surface area contributed by atoms with Crippen LogP contribution in [0.25, 0.3) is 6.08 Å². The average molecular weight is 414 g/mol. The van der Waals surface area contributed by atoms with Gasteiger partial charge in [-0.05, 0) is 30.7 Å². The number of nitro groups is 1. The Bertz CT molecular complexity index is 934. The van der Waals surface area contributed by atoms with Gasteiger partial charge in [-0.1, -0.05) is 6.07 Å². The van der Waals surface area contributed by atoms with E-state index < -0.39 is 35.6 Å². The average Bonchev–Trinajstić information content (AvgIpc) is 2.61. The lowest BCUT2D eigenvalue weighted by Gasteiger charge is -2.11. The van der Waals surface area contributed by atoms with Gasteiger partial charge in [0.1, 0.15) is 11.5 Å². The number of nitrogens with zero attached hydrogens (tertiary/aromatic N) is 1. The Kier molecular flexibility index (Phi) is 7.12. The molecule has 0 aliphatic carbocycles. The molecule has 0 saturated carbocycles. The fourth-order valence-electron chi connectivity index (χ4n) is 2.22. The maximum Gasteiger partial charge on any atom is 0.387 e. The highest BCUT2D eigenvalue weighted by Gasteiger charge is 2.13. The lowest BCUT2D eigenvalue weighted by molar-refractivity contribution is -0.384. The van der Waals surface area contributed by atoms with Crippen molar-refractivity contribution in [2.75, 3.05) is 5.32 Å². The first-order chi connectivity index (χ1) is 13.7. The summed E-state index contributed by atoms with van der Waals surface area (Å²) in [5.74, 6) is -1.58. The van der Waals surface area contributed by atoms with E-state index in [1.165, 1.54) is 18.2 Å². The van der Waals surface area contributed by atoms with Gasteiger partial charge in [-0.2, -0.15) is 17.6 Å². The van der Waals surface area contributed by atoms with E-state index >= 15 is 0 Å². The van der Waals surface area contributed by atoms with E-state index in [1.807, 2.05) is 0 Å². The Morgan fingerprint density at radius 2 is 1.79 bits per heavy atom. The number of alkyl halides is 4. The van der Waals surface area contributed by atoms with Crippen LogP contribution in [0, 0.1) is 17.0 Å². The monoisotopic (exact) mass is 414 g/mol. The number of nitro benzene ring substituents is 1. The quantitative estimate of drug-likeness (QED) is 0.291. The smallest absolute Gasteiger partial charge is 0.387 e. The van der Waals surface area contributed by atoms with Gasteiger partial charge in [-0.3, -0.25) is 14.9 Å². The van der Waals surface area contributed by atoms with Crippen LogP contribution in [0.4, 0.5) is 28.9 Å². The molecule has 0 atom stereocenters. The van der Waals surface area contributed by atoms with Gasteiger partial charge in [0.05, 0.1) is 10.6 Å². The molecule has 0 saturated heterocycles. The van der Waals surface area contributed by atoms with E-state index in [0.29, 0.717) is 5.56 Å². The highest BCUT2D eigenvalue weighted by Crippen LogP contribution is 2.28. The molecular formula is C18H14F4N2O5. The molecule has 0 bridgehead atoms. The molecule has 0 fully saturated rings. The van der Waals surface area contributed by atoms with E-state index in [2.05, 4.69) is 14.8 Å². The zero-order valence-corrected chi connectivity index (χ0v) is 14.8. The van der Waals surface area contributed by atoms with Gasteiger partial charge in [0.15, 0.2) is 0 Å². The van der Waals surface area contributed by atoms with Crippen molar-refractivity contribution in [2.45, 2.75) is 20.1 Å². The van der Waals surface area contributed by atoms with Gasteiger partial charge >= 0.3 is 13.2 Å². The molecule has 0 aromatic heterocycles. The number of aryl methyl sites for hydroxylation is 1. The third-order valence-corrected chi connectivity index (χ3v) is 3.53. The molecule has 1 N–H and O–H groups in total. The normalized spacial score (nSPS) is 11.1.